The molecule has 0 aliphatic rings. The molecule has 0 unspecified atom stereocenters. The van der Waals surface area contributed by atoms with Gasteiger partial charge in [-0.05, 0) is 6.07 Å². The van der Waals surface area contributed by atoms with E-state index in [2.05, 4.69) is 9.72 Å². The van der Waals surface area contributed by atoms with Gasteiger partial charge in [-0.3, -0.25) is 19.5 Å². The lowest BCUT2D eigenvalue weighted by atomic mass is 10.1. The summed E-state index contributed by atoms with van der Waals surface area (Å²) in [5.41, 5.74) is -0.748. The number of aromatic nitrogens is 1. The fraction of sp³-hybridized carbons (Fsp3) is 0.250. The third-order valence-corrected chi connectivity index (χ3v) is 2.72. The van der Waals surface area contributed by atoms with Crippen LogP contribution in [0.15, 0.2) is 17.3 Å². The third kappa shape index (κ3) is 3.21. The highest BCUT2D eigenvalue weighted by Crippen LogP contribution is 2.20. The zero-order valence-corrected chi connectivity index (χ0v) is 9.88. The molecule has 1 heterocycles. The molecule has 1 rings (SSSR count). The van der Waals surface area contributed by atoms with Crippen LogP contribution in [0.2, 0.25) is 0 Å². The summed E-state index contributed by atoms with van der Waals surface area (Å²) in [6.45, 7) is 0. The molecule has 1 aromatic heterocycles. The van der Waals surface area contributed by atoms with Crippen LogP contribution in [0.3, 0.4) is 0 Å². The van der Waals surface area contributed by atoms with Crippen molar-refractivity contribution in [2.75, 3.05) is 7.11 Å². The molecule has 0 aromatic carbocycles. The second-order valence-corrected chi connectivity index (χ2v) is 4.50. The van der Waals surface area contributed by atoms with Crippen molar-refractivity contribution >= 4 is 21.8 Å². The van der Waals surface area contributed by atoms with Gasteiger partial charge in [-0.25, -0.2) is 4.98 Å². The number of hydrogen-bond donors (Lipinski definition) is 1. The maximum Gasteiger partial charge on any atom is 0.312 e. The number of carbonyl (C=O) groups excluding carboxylic acids is 1. The van der Waals surface area contributed by atoms with Crippen LogP contribution in [0, 0.1) is 10.1 Å². The van der Waals surface area contributed by atoms with Gasteiger partial charge in [0.2, 0.25) is 0 Å². The van der Waals surface area contributed by atoms with Gasteiger partial charge < -0.3 is 4.74 Å². The standard InChI is InChI=1S/C8H8N2O7S/c1-17-8(11)3-5-2-7(18(14,15)16)9-4-6(5)10(12)13/h2,4H,3H2,1H3,(H,14,15,16). The summed E-state index contributed by atoms with van der Waals surface area (Å²) in [7, 11) is -3.51. The van der Waals surface area contributed by atoms with E-state index >= 15 is 0 Å². The van der Waals surface area contributed by atoms with Crippen molar-refractivity contribution in [3.63, 3.8) is 0 Å². The van der Waals surface area contributed by atoms with E-state index in [9.17, 15) is 23.3 Å². The number of carbonyl (C=O) groups is 1. The van der Waals surface area contributed by atoms with Gasteiger partial charge in [-0.1, -0.05) is 0 Å². The molecule has 0 aliphatic heterocycles. The minimum atomic E-state index is -4.60. The van der Waals surface area contributed by atoms with Crippen LogP contribution in [0.4, 0.5) is 5.69 Å². The van der Waals surface area contributed by atoms with Gasteiger partial charge in [0.15, 0.2) is 5.03 Å². The first-order valence-corrected chi connectivity index (χ1v) is 5.87. The van der Waals surface area contributed by atoms with Crippen LogP contribution in [-0.4, -0.2) is 36.0 Å². The van der Waals surface area contributed by atoms with Crippen LogP contribution in [0.25, 0.3) is 0 Å². The maximum absolute atomic E-state index is 11.0. The van der Waals surface area contributed by atoms with Crippen molar-refractivity contribution < 1.29 is 27.4 Å². The minimum Gasteiger partial charge on any atom is -0.469 e. The van der Waals surface area contributed by atoms with Crippen LogP contribution in [0.5, 0.6) is 0 Å². The summed E-state index contributed by atoms with van der Waals surface area (Å²) in [4.78, 5) is 24.1. The van der Waals surface area contributed by atoms with E-state index in [4.69, 9.17) is 4.55 Å². The Labute approximate surface area is 101 Å². The van der Waals surface area contributed by atoms with Gasteiger partial charge in [-0.15, -0.1) is 0 Å². The summed E-state index contributed by atoms with van der Waals surface area (Å²) >= 11 is 0. The number of pyridine rings is 1. The highest BCUT2D eigenvalue weighted by Gasteiger charge is 2.22. The van der Waals surface area contributed by atoms with Crippen molar-refractivity contribution in [2.45, 2.75) is 11.4 Å². The largest absolute Gasteiger partial charge is 0.469 e. The molecule has 0 spiro atoms. The molecule has 10 heteroatoms. The molecular weight excluding hydrogens is 268 g/mol. The monoisotopic (exact) mass is 276 g/mol. The third-order valence-electron chi connectivity index (χ3n) is 1.96. The number of ether oxygens (including phenoxy) is 1. The fourth-order valence-electron chi connectivity index (χ4n) is 1.14. The van der Waals surface area contributed by atoms with Gasteiger partial charge in [0, 0.05) is 5.56 Å². The summed E-state index contributed by atoms with van der Waals surface area (Å²) < 4.78 is 34.7. The average Bonchev–Trinajstić information content (AvgIpc) is 2.27. The Balaban J connectivity index is 3.33. The van der Waals surface area contributed by atoms with E-state index in [1.165, 1.54) is 0 Å². The zero-order chi connectivity index (χ0) is 13.9. The molecule has 0 saturated carbocycles. The lowest BCUT2D eigenvalue weighted by Gasteiger charge is -2.03. The van der Waals surface area contributed by atoms with Crippen LogP contribution in [0.1, 0.15) is 5.56 Å². The Morgan fingerprint density at radius 2 is 2.22 bits per heavy atom. The summed E-state index contributed by atoms with van der Waals surface area (Å²) in [5, 5.41) is 9.88. The molecule has 1 N–H and O–H groups in total. The fourth-order valence-corrected chi connectivity index (χ4v) is 1.62. The number of hydrogen-bond acceptors (Lipinski definition) is 7. The smallest absolute Gasteiger partial charge is 0.312 e. The van der Waals surface area contributed by atoms with Crippen molar-refractivity contribution in [1.82, 2.24) is 4.98 Å². The van der Waals surface area contributed by atoms with Crippen molar-refractivity contribution in [1.29, 1.82) is 0 Å². The first-order chi connectivity index (χ1) is 8.25. The molecule has 0 atom stereocenters. The van der Waals surface area contributed by atoms with Gasteiger partial charge >= 0.3 is 16.1 Å². The highest BCUT2D eigenvalue weighted by molar-refractivity contribution is 7.85. The van der Waals surface area contributed by atoms with Gasteiger partial charge in [0.1, 0.15) is 6.20 Å². The first kappa shape index (κ1) is 14.0. The Hall–Kier alpha value is -2.07. The van der Waals surface area contributed by atoms with Gasteiger partial charge in [0.05, 0.1) is 18.5 Å². The minimum absolute atomic E-state index is 0.213. The first-order valence-electron chi connectivity index (χ1n) is 4.43. The van der Waals surface area contributed by atoms with E-state index in [0.29, 0.717) is 6.20 Å². The predicted octanol–water partition coefficient (Wildman–Crippen LogP) is -0.0480. The van der Waals surface area contributed by atoms with Gasteiger partial charge in [-0.2, -0.15) is 8.42 Å². The number of methoxy groups -OCH3 is 1. The number of esters is 1. The molecule has 0 fully saturated rings. The summed E-state index contributed by atoms with van der Waals surface area (Å²) in [6, 6.07) is 0.754. The normalized spacial score (nSPS) is 11.0. The lowest BCUT2D eigenvalue weighted by molar-refractivity contribution is -0.385. The molecule has 0 radical (unpaired) electrons. The molecule has 0 amide bonds. The molecule has 98 valence electrons. The molecule has 0 aliphatic carbocycles. The Bertz CT molecular complexity index is 595. The Morgan fingerprint density at radius 3 is 2.67 bits per heavy atom. The van der Waals surface area contributed by atoms with Gasteiger partial charge in [0.25, 0.3) is 5.69 Å². The predicted molar refractivity (Wildman–Crippen MR) is 56.4 cm³/mol. The Morgan fingerprint density at radius 1 is 1.61 bits per heavy atom. The maximum atomic E-state index is 11.0. The summed E-state index contributed by atoms with van der Waals surface area (Å²) in [6.07, 6.45) is 0.152. The van der Waals surface area contributed by atoms with E-state index < -0.39 is 38.1 Å². The van der Waals surface area contributed by atoms with E-state index in [1.807, 2.05) is 0 Å². The molecule has 18 heavy (non-hydrogen) atoms. The van der Waals surface area contributed by atoms with Crippen molar-refractivity contribution in [3.8, 4) is 0 Å². The number of rotatable bonds is 4. The van der Waals surface area contributed by atoms with E-state index in [1.54, 1.807) is 0 Å². The van der Waals surface area contributed by atoms with Crippen LogP contribution >= 0.6 is 0 Å². The second-order valence-electron chi connectivity index (χ2n) is 3.14. The van der Waals surface area contributed by atoms with Crippen molar-refractivity contribution in [3.05, 3.63) is 27.9 Å². The number of nitrogens with zero attached hydrogens (tertiary/aromatic N) is 2. The zero-order valence-electron chi connectivity index (χ0n) is 9.06. The van der Waals surface area contributed by atoms with Crippen LogP contribution in [-0.2, 0) is 26.1 Å². The highest BCUT2D eigenvalue weighted by atomic mass is 32.2. The topological polar surface area (TPSA) is 137 Å². The SMILES string of the molecule is COC(=O)Cc1cc(S(=O)(=O)O)ncc1[N+](=O)[O-]. The van der Waals surface area contributed by atoms with Crippen molar-refractivity contribution in [2.24, 2.45) is 0 Å². The molecule has 0 saturated heterocycles. The lowest BCUT2D eigenvalue weighted by Crippen LogP contribution is -2.10. The molecule has 9 nitrogen and oxygen atoms in total. The second kappa shape index (κ2) is 5.06. The average molecular weight is 276 g/mol. The quantitative estimate of drug-likeness (QED) is 0.350. The van der Waals surface area contributed by atoms with E-state index in [0.717, 1.165) is 13.2 Å². The molecule has 1 aromatic rings. The number of nitro groups is 1. The summed E-state index contributed by atoms with van der Waals surface area (Å²) in [5.74, 6) is -0.786. The molecule has 0 bridgehead atoms. The Kier molecular flexibility index (Phi) is 3.93. The van der Waals surface area contributed by atoms with E-state index in [-0.39, 0.29) is 5.56 Å². The molecular formula is C8H8N2O7S. The van der Waals surface area contributed by atoms with Crippen LogP contribution < -0.4 is 0 Å².